The number of likely N-dealkylation sites (N-methyl/N-ethyl adjacent to an activating group) is 1. The van der Waals surface area contributed by atoms with E-state index in [1.54, 1.807) is 32.3 Å². The third-order valence-electron chi connectivity index (χ3n) is 3.36. The number of aryl methyl sites for hydroxylation is 1. The van der Waals surface area contributed by atoms with Gasteiger partial charge in [-0.3, -0.25) is 4.98 Å². The number of aromatic nitrogens is 1. The van der Waals surface area contributed by atoms with Gasteiger partial charge in [-0.25, -0.2) is 12.7 Å². The molecule has 0 saturated heterocycles. The summed E-state index contributed by atoms with van der Waals surface area (Å²) in [4.78, 5) is 4.45. The molecule has 0 fully saturated rings. The van der Waals surface area contributed by atoms with Crippen molar-refractivity contribution in [3.63, 3.8) is 0 Å². The lowest BCUT2D eigenvalue weighted by Gasteiger charge is -2.17. The van der Waals surface area contributed by atoms with Crippen LogP contribution in [0.15, 0.2) is 47.5 Å². The molecule has 0 saturated carbocycles. The number of anilines is 1. The highest BCUT2D eigenvalue weighted by atomic mass is 32.2. The molecule has 0 aliphatic rings. The van der Waals surface area contributed by atoms with Gasteiger partial charge in [-0.15, -0.1) is 0 Å². The maximum absolute atomic E-state index is 12.5. The van der Waals surface area contributed by atoms with Gasteiger partial charge in [0.25, 0.3) is 0 Å². The topological polar surface area (TPSA) is 76.3 Å². The largest absolute Gasteiger partial charge is 0.399 e. The summed E-state index contributed by atoms with van der Waals surface area (Å²) in [5.74, 6) is 0. The minimum Gasteiger partial charge on any atom is -0.399 e. The van der Waals surface area contributed by atoms with Gasteiger partial charge in [0.2, 0.25) is 10.0 Å². The van der Waals surface area contributed by atoms with E-state index < -0.39 is 10.0 Å². The fraction of sp³-hybridized carbons (Fsp3) is 0.267. The van der Waals surface area contributed by atoms with Crippen LogP contribution in [0, 0.1) is 6.92 Å². The minimum atomic E-state index is -3.50. The Balaban J connectivity index is 2.13. The molecule has 5 nitrogen and oxygen atoms in total. The molecule has 2 aromatic rings. The Morgan fingerprint density at radius 2 is 2.00 bits per heavy atom. The van der Waals surface area contributed by atoms with E-state index in [9.17, 15) is 8.42 Å². The first-order chi connectivity index (χ1) is 9.91. The molecule has 0 bridgehead atoms. The Morgan fingerprint density at radius 1 is 1.24 bits per heavy atom. The van der Waals surface area contributed by atoms with Gasteiger partial charge in [0.15, 0.2) is 0 Å². The summed E-state index contributed by atoms with van der Waals surface area (Å²) in [6.45, 7) is 2.17. The van der Waals surface area contributed by atoms with Crippen molar-refractivity contribution in [2.75, 3.05) is 19.3 Å². The van der Waals surface area contributed by atoms with Gasteiger partial charge in [0.05, 0.1) is 4.90 Å². The maximum atomic E-state index is 12.5. The van der Waals surface area contributed by atoms with E-state index in [0.29, 0.717) is 18.7 Å². The fourth-order valence-corrected chi connectivity index (χ4v) is 3.18. The second-order valence-corrected chi connectivity index (χ2v) is 6.96. The summed E-state index contributed by atoms with van der Waals surface area (Å²) in [6.07, 6.45) is 2.28. The van der Waals surface area contributed by atoms with Crippen molar-refractivity contribution in [1.29, 1.82) is 0 Å². The van der Waals surface area contributed by atoms with Crippen LogP contribution in [0.5, 0.6) is 0 Å². The molecule has 1 aromatic heterocycles. The van der Waals surface area contributed by atoms with Crippen molar-refractivity contribution >= 4 is 15.7 Å². The standard InChI is InChI=1S/C15H19N3O2S/c1-12-11-14(6-7-15(12)16)21(19,20)18(2)10-8-13-5-3-4-9-17-13/h3-7,9,11H,8,10,16H2,1-2H3. The monoisotopic (exact) mass is 305 g/mol. The molecular weight excluding hydrogens is 286 g/mol. The van der Waals surface area contributed by atoms with Crippen molar-refractivity contribution in [2.45, 2.75) is 18.2 Å². The Labute approximate surface area is 125 Å². The quantitative estimate of drug-likeness (QED) is 0.855. The predicted octanol–water partition coefficient (Wildman–Crippen LogP) is 1.84. The molecule has 2 rings (SSSR count). The zero-order valence-electron chi connectivity index (χ0n) is 12.2. The first-order valence-electron chi connectivity index (χ1n) is 6.63. The van der Waals surface area contributed by atoms with Gasteiger partial charge in [-0.2, -0.15) is 0 Å². The summed E-state index contributed by atoms with van der Waals surface area (Å²) in [6, 6.07) is 10.4. The summed E-state index contributed by atoms with van der Waals surface area (Å²) in [7, 11) is -1.93. The number of hydrogen-bond donors (Lipinski definition) is 1. The maximum Gasteiger partial charge on any atom is 0.242 e. The van der Waals surface area contributed by atoms with Gasteiger partial charge in [-0.05, 0) is 42.8 Å². The van der Waals surface area contributed by atoms with Crippen LogP contribution in [0.3, 0.4) is 0 Å². The zero-order valence-corrected chi connectivity index (χ0v) is 13.0. The van der Waals surface area contributed by atoms with E-state index in [1.807, 2.05) is 18.2 Å². The lowest BCUT2D eigenvalue weighted by Crippen LogP contribution is -2.29. The second-order valence-electron chi connectivity index (χ2n) is 4.92. The molecule has 6 heteroatoms. The van der Waals surface area contributed by atoms with E-state index in [-0.39, 0.29) is 4.90 Å². The van der Waals surface area contributed by atoms with E-state index >= 15 is 0 Å². The van der Waals surface area contributed by atoms with Crippen LogP contribution in [0.2, 0.25) is 0 Å². The normalized spacial score (nSPS) is 11.8. The molecule has 1 aromatic carbocycles. The Hall–Kier alpha value is -1.92. The molecule has 0 unspecified atom stereocenters. The van der Waals surface area contributed by atoms with Crippen LogP contribution >= 0.6 is 0 Å². The molecule has 0 radical (unpaired) electrons. The number of sulfonamides is 1. The molecule has 0 atom stereocenters. The average Bonchev–Trinajstić information content (AvgIpc) is 2.48. The number of rotatable bonds is 5. The first-order valence-corrected chi connectivity index (χ1v) is 8.07. The lowest BCUT2D eigenvalue weighted by molar-refractivity contribution is 0.471. The van der Waals surface area contributed by atoms with E-state index in [0.717, 1.165) is 11.3 Å². The molecule has 0 spiro atoms. The van der Waals surface area contributed by atoms with Crippen molar-refractivity contribution in [3.8, 4) is 0 Å². The van der Waals surface area contributed by atoms with Gasteiger partial charge in [0, 0.05) is 37.6 Å². The fourth-order valence-electron chi connectivity index (χ4n) is 1.93. The zero-order chi connectivity index (χ0) is 15.5. The highest BCUT2D eigenvalue weighted by molar-refractivity contribution is 7.89. The van der Waals surface area contributed by atoms with Crippen LogP contribution in [0.4, 0.5) is 5.69 Å². The third kappa shape index (κ3) is 3.59. The van der Waals surface area contributed by atoms with Gasteiger partial charge < -0.3 is 5.73 Å². The highest BCUT2D eigenvalue weighted by Gasteiger charge is 2.21. The Kier molecular flexibility index (Phi) is 4.59. The first kappa shape index (κ1) is 15.5. The minimum absolute atomic E-state index is 0.262. The van der Waals surface area contributed by atoms with Crippen molar-refractivity contribution in [2.24, 2.45) is 0 Å². The molecule has 1 heterocycles. The average molecular weight is 305 g/mol. The SMILES string of the molecule is Cc1cc(S(=O)(=O)N(C)CCc2ccccn2)ccc1N. The van der Waals surface area contributed by atoms with Gasteiger partial charge >= 0.3 is 0 Å². The second kappa shape index (κ2) is 6.24. The number of nitrogens with two attached hydrogens (primary N) is 1. The summed E-state index contributed by atoms with van der Waals surface area (Å²) < 4.78 is 26.3. The Bertz CT molecular complexity index is 715. The number of nitrogens with zero attached hydrogens (tertiary/aromatic N) is 2. The number of pyridine rings is 1. The Morgan fingerprint density at radius 3 is 2.62 bits per heavy atom. The van der Waals surface area contributed by atoms with Crippen LogP contribution in [-0.2, 0) is 16.4 Å². The van der Waals surface area contributed by atoms with E-state index in [1.165, 1.54) is 10.4 Å². The van der Waals surface area contributed by atoms with Crippen molar-refractivity contribution in [1.82, 2.24) is 9.29 Å². The molecule has 0 aliphatic carbocycles. The van der Waals surface area contributed by atoms with E-state index in [2.05, 4.69) is 4.98 Å². The summed E-state index contributed by atoms with van der Waals surface area (Å²) in [5, 5.41) is 0. The van der Waals surface area contributed by atoms with Crippen LogP contribution in [-0.4, -0.2) is 31.3 Å². The highest BCUT2D eigenvalue weighted by Crippen LogP contribution is 2.19. The molecular formula is C15H19N3O2S. The number of hydrogen-bond acceptors (Lipinski definition) is 4. The van der Waals surface area contributed by atoms with Gasteiger partial charge in [0.1, 0.15) is 0 Å². The van der Waals surface area contributed by atoms with Gasteiger partial charge in [-0.1, -0.05) is 6.07 Å². The molecule has 0 aliphatic heterocycles. The van der Waals surface area contributed by atoms with Crippen LogP contribution in [0.1, 0.15) is 11.3 Å². The third-order valence-corrected chi connectivity index (χ3v) is 5.21. The van der Waals surface area contributed by atoms with Crippen molar-refractivity contribution in [3.05, 3.63) is 53.9 Å². The summed E-state index contributed by atoms with van der Waals surface area (Å²) >= 11 is 0. The smallest absolute Gasteiger partial charge is 0.242 e. The van der Waals surface area contributed by atoms with Crippen LogP contribution in [0.25, 0.3) is 0 Å². The van der Waals surface area contributed by atoms with E-state index in [4.69, 9.17) is 5.73 Å². The molecule has 21 heavy (non-hydrogen) atoms. The predicted molar refractivity (Wildman–Crippen MR) is 83.3 cm³/mol. The molecule has 0 amide bonds. The lowest BCUT2D eigenvalue weighted by atomic mass is 10.2. The number of nitrogen functional groups attached to an aromatic ring is 1. The number of benzene rings is 1. The summed E-state index contributed by atoms with van der Waals surface area (Å²) in [5.41, 5.74) is 7.94. The molecule has 2 N–H and O–H groups in total. The van der Waals surface area contributed by atoms with Crippen molar-refractivity contribution < 1.29 is 8.42 Å². The van der Waals surface area contributed by atoms with Crippen LogP contribution < -0.4 is 5.73 Å². The molecule has 112 valence electrons.